The first-order chi connectivity index (χ1) is 9.53. The quantitative estimate of drug-likeness (QED) is 0.628. The summed E-state index contributed by atoms with van der Waals surface area (Å²) in [6.45, 7) is 3.05. The van der Waals surface area contributed by atoms with Gasteiger partial charge in [-0.05, 0) is 26.0 Å². The zero-order chi connectivity index (χ0) is 16.0. The highest BCUT2D eigenvalue weighted by Gasteiger charge is 2.48. The summed E-state index contributed by atoms with van der Waals surface area (Å²) in [6.07, 6.45) is 0. The molecule has 0 saturated heterocycles. The Morgan fingerprint density at radius 1 is 1.19 bits per heavy atom. The van der Waals surface area contributed by atoms with Crippen molar-refractivity contribution in [2.24, 2.45) is 0 Å². The third kappa shape index (κ3) is 2.73. The van der Waals surface area contributed by atoms with Crippen LogP contribution in [-0.2, 0) is 10.1 Å². The molecule has 1 aromatic heterocycles. The van der Waals surface area contributed by atoms with Gasteiger partial charge in [0, 0.05) is 11.6 Å². The molecule has 0 aliphatic heterocycles. The van der Waals surface area contributed by atoms with Gasteiger partial charge in [0.15, 0.2) is 5.43 Å². The Morgan fingerprint density at radius 2 is 1.81 bits per heavy atom. The number of halogens is 3. The molecule has 0 spiro atoms. The fraction of sp³-hybridized carbons (Fsp3) is 0.250. The highest BCUT2D eigenvalue weighted by Crippen LogP contribution is 2.28. The summed E-state index contributed by atoms with van der Waals surface area (Å²) in [7, 11) is -5.77. The van der Waals surface area contributed by atoms with Crippen molar-refractivity contribution in [1.82, 2.24) is 0 Å². The maximum atomic E-state index is 12.2. The van der Waals surface area contributed by atoms with Crippen molar-refractivity contribution in [1.29, 1.82) is 0 Å². The first-order valence-corrected chi connectivity index (χ1v) is 6.98. The summed E-state index contributed by atoms with van der Waals surface area (Å²) in [5.41, 5.74) is -5.58. The van der Waals surface area contributed by atoms with Crippen LogP contribution in [0.4, 0.5) is 13.2 Å². The number of rotatable bonds is 2. The number of alkyl halides is 3. The number of hydrogen-bond donors (Lipinski definition) is 0. The maximum absolute atomic E-state index is 12.2. The summed E-state index contributed by atoms with van der Waals surface area (Å²) in [5.74, 6) is -0.311. The molecule has 0 aliphatic rings. The van der Waals surface area contributed by atoms with Gasteiger partial charge in [0.2, 0.25) is 0 Å². The topological polar surface area (TPSA) is 73.6 Å². The molecule has 0 saturated carbocycles. The fourth-order valence-electron chi connectivity index (χ4n) is 1.60. The van der Waals surface area contributed by atoms with Crippen molar-refractivity contribution in [3.8, 4) is 5.75 Å². The van der Waals surface area contributed by atoms with Crippen molar-refractivity contribution < 1.29 is 30.2 Å². The lowest BCUT2D eigenvalue weighted by atomic mass is 10.1. The molecule has 0 radical (unpaired) electrons. The van der Waals surface area contributed by atoms with Crippen LogP contribution in [0.1, 0.15) is 11.3 Å². The lowest BCUT2D eigenvalue weighted by Crippen LogP contribution is -2.28. The number of benzene rings is 1. The Labute approximate surface area is 117 Å². The van der Waals surface area contributed by atoms with E-state index in [1.165, 1.54) is 6.92 Å². The van der Waals surface area contributed by atoms with Crippen molar-refractivity contribution >= 4 is 21.1 Å². The largest absolute Gasteiger partial charge is 0.534 e. The van der Waals surface area contributed by atoms with Crippen LogP contribution in [0.3, 0.4) is 0 Å². The molecule has 0 bridgehead atoms. The van der Waals surface area contributed by atoms with Gasteiger partial charge in [0.25, 0.3) is 0 Å². The number of hydrogen-bond acceptors (Lipinski definition) is 5. The van der Waals surface area contributed by atoms with Crippen molar-refractivity contribution in [3.63, 3.8) is 0 Å². The minimum Gasteiger partial charge on any atom is -0.461 e. The molecule has 5 nitrogen and oxygen atoms in total. The number of aryl methyl sites for hydroxylation is 1. The zero-order valence-corrected chi connectivity index (χ0v) is 11.6. The third-order valence-electron chi connectivity index (χ3n) is 2.82. The van der Waals surface area contributed by atoms with Crippen molar-refractivity contribution in [2.45, 2.75) is 19.4 Å². The molecule has 114 valence electrons. The van der Waals surface area contributed by atoms with E-state index in [-0.39, 0.29) is 22.2 Å². The summed E-state index contributed by atoms with van der Waals surface area (Å²) in [4.78, 5) is 11.9. The first kappa shape index (κ1) is 15.4. The van der Waals surface area contributed by atoms with Crippen molar-refractivity contribution in [3.05, 3.63) is 39.7 Å². The second-order valence-electron chi connectivity index (χ2n) is 4.25. The Morgan fingerprint density at radius 3 is 2.38 bits per heavy atom. The Balaban J connectivity index is 2.55. The monoisotopic (exact) mass is 322 g/mol. The van der Waals surface area contributed by atoms with Gasteiger partial charge < -0.3 is 8.60 Å². The van der Waals surface area contributed by atoms with E-state index < -0.39 is 21.4 Å². The molecule has 2 aromatic rings. The van der Waals surface area contributed by atoms with Crippen molar-refractivity contribution in [2.75, 3.05) is 0 Å². The van der Waals surface area contributed by atoms with Crippen LogP contribution in [0.25, 0.3) is 11.0 Å². The van der Waals surface area contributed by atoms with Gasteiger partial charge in [-0.1, -0.05) is 0 Å². The van der Waals surface area contributed by atoms with Gasteiger partial charge in [0.05, 0.1) is 5.39 Å². The first-order valence-electron chi connectivity index (χ1n) is 5.58. The predicted molar refractivity (Wildman–Crippen MR) is 67.6 cm³/mol. The van der Waals surface area contributed by atoms with E-state index in [9.17, 15) is 26.4 Å². The highest BCUT2D eigenvalue weighted by molar-refractivity contribution is 7.88. The van der Waals surface area contributed by atoms with Crippen LogP contribution in [0, 0.1) is 13.8 Å². The molecule has 0 unspecified atom stereocenters. The second-order valence-corrected chi connectivity index (χ2v) is 5.79. The second kappa shape index (κ2) is 4.76. The van der Waals surface area contributed by atoms with Gasteiger partial charge in [-0.2, -0.15) is 21.6 Å². The van der Waals surface area contributed by atoms with Gasteiger partial charge in [-0.25, -0.2) is 0 Å². The molecule has 0 fully saturated rings. The highest BCUT2D eigenvalue weighted by atomic mass is 32.2. The van der Waals surface area contributed by atoms with E-state index in [1.54, 1.807) is 6.92 Å². The van der Waals surface area contributed by atoms with Crippen LogP contribution in [0.15, 0.2) is 27.4 Å². The lowest BCUT2D eigenvalue weighted by molar-refractivity contribution is -0.0500. The average Bonchev–Trinajstić information content (AvgIpc) is 2.34. The molecule has 9 heteroatoms. The van der Waals surface area contributed by atoms with Crippen LogP contribution >= 0.6 is 0 Å². The molecule has 0 aliphatic carbocycles. The van der Waals surface area contributed by atoms with E-state index in [0.717, 1.165) is 18.2 Å². The standard InChI is InChI=1S/C12H9F3O5S/c1-6-7(2)19-10-5-8(3-4-9(10)11(6)16)20-21(17,18)12(13,14)15/h3-5H,1-2H3. The van der Waals surface area contributed by atoms with Gasteiger partial charge in [-0.15, -0.1) is 0 Å². The number of fused-ring (bicyclic) bond motifs is 1. The minimum absolute atomic E-state index is 0.0574. The maximum Gasteiger partial charge on any atom is 0.534 e. The normalized spacial score (nSPS) is 12.6. The molecule has 1 aromatic carbocycles. The average molecular weight is 322 g/mol. The van der Waals surface area contributed by atoms with Gasteiger partial charge in [-0.3, -0.25) is 4.79 Å². The molecule has 0 amide bonds. The Hall–Kier alpha value is -2.03. The predicted octanol–water partition coefficient (Wildman–Crippen LogP) is 2.64. The molecule has 2 rings (SSSR count). The van der Waals surface area contributed by atoms with Crippen LogP contribution in [0.2, 0.25) is 0 Å². The molecule has 0 atom stereocenters. The van der Waals surface area contributed by atoms with E-state index >= 15 is 0 Å². The minimum atomic E-state index is -5.77. The van der Waals surface area contributed by atoms with E-state index in [0.29, 0.717) is 5.56 Å². The van der Waals surface area contributed by atoms with Gasteiger partial charge >= 0.3 is 15.6 Å². The van der Waals surface area contributed by atoms with E-state index in [2.05, 4.69) is 4.18 Å². The molecule has 0 N–H and O–H groups in total. The molecular weight excluding hydrogens is 313 g/mol. The summed E-state index contributed by atoms with van der Waals surface area (Å²) >= 11 is 0. The van der Waals surface area contributed by atoms with Crippen LogP contribution < -0.4 is 9.61 Å². The molecular formula is C12H9F3O5S. The lowest BCUT2D eigenvalue weighted by Gasteiger charge is -2.10. The van der Waals surface area contributed by atoms with Gasteiger partial charge in [0.1, 0.15) is 17.1 Å². The SMILES string of the molecule is Cc1oc2cc(OS(=O)(=O)C(F)(F)F)ccc2c(=O)c1C. The zero-order valence-electron chi connectivity index (χ0n) is 10.8. The smallest absolute Gasteiger partial charge is 0.461 e. The third-order valence-corrected chi connectivity index (χ3v) is 3.80. The summed E-state index contributed by atoms with van der Waals surface area (Å²) in [5, 5.41) is 0.120. The van der Waals surface area contributed by atoms with Crippen LogP contribution in [0.5, 0.6) is 5.75 Å². The van der Waals surface area contributed by atoms with E-state index in [4.69, 9.17) is 4.42 Å². The molecule has 21 heavy (non-hydrogen) atoms. The molecule has 1 heterocycles. The Kier molecular flexibility index (Phi) is 3.48. The summed E-state index contributed by atoms with van der Waals surface area (Å²) in [6, 6.07) is 3.03. The van der Waals surface area contributed by atoms with E-state index in [1.807, 2.05) is 0 Å². The fourth-order valence-corrected chi connectivity index (χ4v) is 2.06. The summed E-state index contributed by atoms with van der Waals surface area (Å²) < 4.78 is 67.7. The van der Waals surface area contributed by atoms with Crippen LogP contribution in [-0.4, -0.2) is 13.9 Å². The Bertz CT molecular complexity index is 865.